The number of hydrogen-bond acceptors (Lipinski definition) is 10. The molecule has 0 saturated carbocycles. The number of benzene rings is 1. The van der Waals surface area contributed by atoms with Gasteiger partial charge >= 0.3 is 11.9 Å². The van der Waals surface area contributed by atoms with Crippen molar-refractivity contribution < 1.29 is 28.7 Å². The minimum Gasteiger partial charge on any atom is -0.419 e. The third-order valence-electron chi connectivity index (χ3n) is 6.93. The van der Waals surface area contributed by atoms with E-state index >= 15 is 0 Å². The SMILES string of the molecule is CC1(C)S[C@@H]2C(N)C(=O)N2[C@H]1C(=O)OC(OC(=O)[C@@H]1N2C(=O)C(N)[C@H]2SC1(C)C)c1ccccc1. The van der Waals surface area contributed by atoms with Crippen LogP contribution < -0.4 is 11.5 Å². The molecular weight excluding hydrogens is 492 g/mol. The van der Waals surface area contributed by atoms with Crippen LogP contribution in [0.4, 0.5) is 0 Å². The van der Waals surface area contributed by atoms with Gasteiger partial charge in [-0.2, -0.15) is 0 Å². The van der Waals surface area contributed by atoms with Crippen molar-refractivity contribution in [2.24, 2.45) is 11.5 Å². The number of esters is 2. The summed E-state index contributed by atoms with van der Waals surface area (Å²) in [7, 11) is 0. The number of carbonyl (C=O) groups excluding carboxylic acids is 4. The predicted molar refractivity (Wildman–Crippen MR) is 130 cm³/mol. The topological polar surface area (TPSA) is 145 Å². The number of nitrogens with two attached hydrogens (primary N) is 2. The van der Waals surface area contributed by atoms with Crippen LogP contribution in [-0.4, -0.2) is 78.0 Å². The first kappa shape index (κ1) is 24.4. The van der Waals surface area contributed by atoms with Crippen molar-refractivity contribution in [3.63, 3.8) is 0 Å². The van der Waals surface area contributed by atoms with Crippen molar-refractivity contribution in [1.82, 2.24) is 9.80 Å². The number of nitrogens with zero attached hydrogens (tertiary/aromatic N) is 2. The molecule has 4 fully saturated rings. The minimum absolute atomic E-state index is 0.303. The normalized spacial score (nSPS) is 34.9. The van der Waals surface area contributed by atoms with Gasteiger partial charge in [0.05, 0.1) is 0 Å². The summed E-state index contributed by atoms with van der Waals surface area (Å²) in [4.78, 5) is 54.5. The Morgan fingerprint density at radius 2 is 1.23 bits per heavy atom. The van der Waals surface area contributed by atoms with E-state index in [-0.39, 0.29) is 22.6 Å². The van der Waals surface area contributed by atoms with E-state index < -0.39 is 51.9 Å². The Labute approximate surface area is 211 Å². The molecular formula is C23H28N4O6S2. The molecule has 5 rings (SSSR count). The Morgan fingerprint density at radius 1 is 0.829 bits per heavy atom. The third-order valence-corrected chi connectivity index (χ3v) is 10.1. The number of hydrogen-bond donors (Lipinski definition) is 2. The molecule has 35 heavy (non-hydrogen) atoms. The summed E-state index contributed by atoms with van der Waals surface area (Å²) in [5.74, 6) is -2.00. The number of thioether (sulfide) groups is 2. The fourth-order valence-electron chi connectivity index (χ4n) is 5.16. The van der Waals surface area contributed by atoms with Gasteiger partial charge in [-0.15, -0.1) is 23.5 Å². The molecule has 4 saturated heterocycles. The second-order valence-corrected chi connectivity index (χ2v) is 13.7. The van der Waals surface area contributed by atoms with Gasteiger partial charge in [0.15, 0.2) is 0 Å². The summed E-state index contributed by atoms with van der Waals surface area (Å²) < 4.78 is 10.2. The van der Waals surface area contributed by atoms with E-state index in [0.29, 0.717) is 5.56 Å². The molecule has 1 aromatic rings. The van der Waals surface area contributed by atoms with Crippen LogP contribution in [0, 0.1) is 0 Å². The van der Waals surface area contributed by atoms with Crippen molar-refractivity contribution in [3.05, 3.63) is 35.9 Å². The average Bonchev–Trinajstić information content (AvgIpc) is 3.23. The summed E-state index contributed by atoms with van der Waals surface area (Å²) in [6, 6.07) is 5.52. The van der Waals surface area contributed by atoms with Gasteiger partial charge in [0, 0.05) is 15.1 Å². The Kier molecular flexibility index (Phi) is 5.66. The van der Waals surface area contributed by atoms with E-state index in [1.165, 1.54) is 33.3 Å². The Morgan fingerprint density at radius 3 is 1.63 bits per heavy atom. The van der Waals surface area contributed by atoms with Gasteiger partial charge in [0.1, 0.15) is 34.9 Å². The summed E-state index contributed by atoms with van der Waals surface area (Å²) in [5.41, 5.74) is 12.3. The molecule has 10 nitrogen and oxygen atoms in total. The number of rotatable bonds is 5. The molecule has 2 amide bonds. The van der Waals surface area contributed by atoms with Gasteiger partial charge in [-0.1, -0.05) is 30.3 Å². The molecule has 0 radical (unpaired) electrons. The van der Waals surface area contributed by atoms with E-state index in [4.69, 9.17) is 20.9 Å². The summed E-state index contributed by atoms with van der Waals surface area (Å²) >= 11 is 2.89. The molecule has 1 aromatic carbocycles. The van der Waals surface area contributed by atoms with E-state index in [1.807, 2.05) is 27.7 Å². The average molecular weight is 521 g/mol. The van der Waals surface area contributed by atoms with Crippen LogP contribution in [0.5, 0.6) is 0 Å². The molecule has 4 aliphatic heterocycles. The van der Waals surface area contributed by atoms with Gasteiger partial charge in [-0.05, 0) is 27.7 Å². The van der Waals surface area contributed by atoms with Crippen molar-refractivity contribution in [3.8, 4) is 0 Å². The second kappa shape index (κ2) is 8.12. The van der Waals surface area contributed by atoms with Crippen LogP contribution in [0.1, 0.15) is 39.5 Å². The quantitative estimate of drug-likeness (QED) is 0.321. The fourth-order valence-corrected chi connectivity index (χ4v) is 8.28. The molecule has 188 valence electrons. The lowest BCUT2D eigenvalue weighted by atomic mass is 9.96. The number of carbonyl (C=O) groups is 4. The molecule has 0 aliphatic carbocycles. The maximum atomic E-state index is 13.4. The summed E-state index contributed by atoms with van der Waals surface area (Å²) in [6.45, 7) is 7.40. The van der Waals surface area contributed by atoms with Gasteiger partial charge in [0.25, 0.3) is 6.29 Å². The molecule has 12 heteroatoms. The zero-order chi connectivity index (χ0) is 25.4. The zero-order valence-corrected chi connectivity index (χ0v) is 21.4. The van der Waals surface area contributed by atoms with Crippen LogP contribution in [0.2, 0.25) is 0 Å². The zero-order valence-electron chi connectivity index (χ0n) is 19.7. The molecule has 4 aliphatic rings. The fraction of sp³-hybridized carbons (Fsp3) is 0.565. The van der Waals surface area contributed by atoms with Gasteiger partial charge in [-0.25, -0.2) is 9.59 Å². The molecule has 2 unspecified atom stereocenters. The van der Waals surface area contributed by atoms with Crippen LogP contribution in [0.15, 0.2) is 30.3 Å². The Hall–Kier alpha value is -2.28. The lowest BCUT2D eigenvalue weighted by Gasteiger charge is -2.42. The van der Waals surface area contributed by atoms with Gasteiger partial charge < -0.3 is 30.7 Å². The number of amides is 2. The third kappa shape index (κ3) is 3.64. The largest absolute Gasteiger partial charge is 0.419 e. The first-order valence-electron chi connectivity index (χ1n) is 11.3. The molecule has 6 atom stereocenters. The van der Waals surface area contributed by atoms with Crippen LogP contribution in [0.25, 0.3) is 0 Å². The Balaban J connectivity index is 1.39. The highest BCUT2D eigenvalue weighted by atomic mass is 32.2. The molecule has 4 heterocycles. The highest BCUT2D eigenvalue weighted by molar-refractivity contribution is 8.02. The highest BCUT2D eigenvalue weighted by Gasteiger charge is 2.65. The molecule has 0 spiro atoms. The number of β-lactam (4-membered cyclic amide) rings is 2. The monoisotopic (exact) mass is 520 g/mol. The minimum atomic E-state index is -1.36. The van der Waals surface area contributed by atoms with Crippen LogP contribution >= 0.6 is 23.5 Å². The first-order valence-corrected chi connectivity index (χ1v) is 13.1. The van der Waals surface area contributed by atoms with Crippen molar-refractivity contribution >= 4 is 47.3 Å². The molecule has 0 bridgehead atoms. The lowest BCUT2D eigenvalue weighted by Crippen LogP contribution is -2.69. The highest BCUT2D eigenvalue weighted by Crippen LogP contribution is 2.52. The van der Waals surface area contributed by atoms with E-state index in [9.17, 15) is 19.2 Å². The Bertz CT molecular complexity index is 1030. The molecule has 0 aromatic heterocycles. The van der Waals surface area contributed by atoms with Gasteiger partial charge in [0.2, 0.25) is 11.8 Å². The maximum Gasteiger partial charge on any atom is 0.333 e. The van der Waals surface area contributed by atoms with E-state index in [2.05, 4.69) is 0 Å². The number of fused-ring (bicyclic) bond motifs is 2. The van der Waals surface area contributed by atoms with Crippen LogP contribution in [0.3, 0.4) is 0 Å². The smallest absolute Gasteiger partial charge is 0.333 e. The lowest BCUT2D eigenvalue weighted by molar-refractivity contribution is -0.201. The number of ether oxygens (including phenoxy) is 2. The predicted octanol–water partition coefficient (Wildman–Crippen LogP) is 0.551. The van der Waals surface area contributed by atoms with Crippen LogP contribution in [-0.2, 0) is 28.7 Å². The summed E-state index contributed by atoms with van der Waals surface area (Å²) in [6.07, 6.45) is -1.36. The van der Waals surface area contributed by atoms with Crippen molar-refractivity contribution in [2.45, 2.75) is 78.4 Å². The van der Waals surface area contributed by atoms with Crippen molar-refractivity contribution in [1.29, 1.82) is 0 Å². The second-order valence-electron chi connectivity index (χ2n) is 10.2. The standard InChI is InChI=1S/C23H28N4O6S2/c1-22(2)13(26-15(28)11(24)17(26)34-22)19(30)32-21(10-8-6-5-7-9-10)33-20(31)14-23(3,4)35-18-12(25)16(29)27(14)18/h5-9,11-14,17-18,21H,24-25H2,1-4H3/t11?,12?,13-,14-,17+,18+,21?/m0/s1. The summed E-state index contributed by atoms with van der Waals surface area (Å²) in [5, 5.41) is -0.606. The van der Waals surface area contributed by atoms with Crippen molar-refractivity contribution in [2.75, 3.05) is 0 Å². The first-order chi connectivity index (χ1) is 16.3. The van der Waals surface area contributed by atoms with E-state index in [1.54, 1.807) is 30.3 Å². The van der Waals surface area contributed by atoms with Gasteiger partial charge in [-0.3, -0.25) is 9.59 Å². The van der Waals surface area contributed by atoms with E-state index in [0.717, 1.165) is 0 Å². The molecule has 4 N–H and O–H groups in total. The maximum absolute atomic E-state index is 13.4.